The van der Waals surface area contributed by atoms with Crippen molar-refractivity contribution in [2.45, 2.75) is 32.3 Å². The highest BCUT2D eigenvalue weighted by Gasteiger charge is 2.13. The first-order valence-electron chi connectivity index (χ1n) is 5.97. The molecule has 0 spiro atoms. The number of nitrogens with two attached hydrogens (primary N) is 1. The minimum Gasteiger partial charge on any atom is -0.462 e. The van der Waals surface area contributed by atoms with E-state index in [1.165, 1.54) is 6.20 Å². The van der Waals surface area contributed by atoms with E-state index < -0.39 is 5.97 Å². The van der Waals surface area contributed by atoms with Crippen molar-refractivity contribution >= 4 is 23.5 Å². The van der Waals surface area contributed by atoms with Crippen LogP contribution in [0, 0.1) is 5.92 Å². The first-order valence-corrected chi connectivity index (χ1v) is 6.95. The number of rotatable bonds is 6. The van der Waals surface area contributed by atoms with Gasteiger partial charge in [0.1, 0.15) is 11.4 Å². The quantitative estimate of drug-likeness (QED) is 0.485. The smallest absolute Gasteiger partial charge is 0.343 e. The highest BCUT2D eigenvalue weighted by molar-refractivity contribution is 7.99. The van der Waals surface area contributed by atoms with Gasteiger partial charge >= 0.3 is 5.97 Å². The zero-order valence-electron chi connectivity index (χ0n) is 11.0. The molecule has 0 amide bonds. The zero-order valence-corrected chi connectivity index (χ0v) is 11.8. The van der Waals surface area contributed by atoms with Crippen LogP contribution in [0.1, 0.15) is 37.6 Å². The summed E-state index contributed by atoms with van der Waals surface area (Å²) in [6.07, 6.45) is 2.52. The molecule has 100 valence electrons. The lowest BCUT2D eigenvalue weighted by atomic mass is 10.2. The molecule has 0 saturated heterocycles. The Morgan fingerprint density at radius 2 is 2.28 bits per heavy atom. The van der Waals surface area contributed by atoms with Crippen molar-refractivity contribution in [1.82, 2.24) is 9.97 Å². The third-order valence-electron chi connectivity index (χ3n) is 2.22. The molecule has 0 fully saturated rings. The minimum absolute atomic E-state index is 0.176. The van der Waals surface area contributed by atoms with E-state index in [1.54, 1.807) is 18.7 Å². The molecule has 1 aromatic rings. The monoisotopic (exact) mass is 269 g/mol. The lowest BCUT2D eigenvalue weighted by Gasteiger charge is -2.06. The van der Waals surface area contributed by atoms with Crippen LogP contribution in [-0.4, -0.2) is 28.3 Å². The molecule has 0 aliphatic carbocycles. The van der Waals surface area contributed by atoms with Gasteiger partial charge in [0.05, 0.1) is 6.61 Å². The first-order chi connectivity index (χ1) is 8.54. The van der Waals surface area contributed by atoms with Gasteiger partial charge in [-0.2, -0.15) is 0 Å². The van der Waals surface area contributed by atoms with E-state index in [2.05, 4.69) is 23.8 Å². The molecule has 0 atom stereocenters. The second kappa shape index (κ2) is 7.20. The molecule has 5 nitrogen and oxygen atoms in total. The van der Waals surface area contributed by atoms with E-state index in [0.29, 0.717) is 17.7 Å². The van der Waals surface area contributed by atoms with Gasteiger partial charge in [-0.05, 0) is 19.3 Å². The fourth-order valence-corrected chi connectivity index (χ4v) is 2.26. The Morgan fingerprint density at radius 3 is 2.83 bits per heavy atom. The fraction of sp³-hybridized carbons (Fsp3) is 0.583. The Labute approximate surface area is 112 Å². The Hall–Kier alpha value is -1.30. The largest absolute Gasteiger partial charge is 0.462 e. The van der Waals surface area contributed by atoms with Crippen molar-refractivity contribution in [3.8, 4) is 0 Å². The lowest BCUT2D eigenvalue weighted by Crippen LogP contribution is -2.10. The molecule has 0 aliphatic heterocycles. The van der Waals surface area contributed by atoms with Crippen LogP contribution in [-0.2, 0) is 4.74 Å². The van der Waals surface area contributed by atoms with Crippen LogP contribution in [0.4, 0.5) is 5.82 Å². The van der Waals surface area contributed by atoms with Gasteiger partial charge in [-0.25, -0.2) is 14.8 Å². The van der Waals surface area contributed by atoms with E-state index in [0.717, 1.165) is 12.2 Å². The Bertz CT molecular complexity index is 410. The van der Waals surface area contributed by atoms with Gasteiger partial charge in [0, 0.05) is 11.9 Å². The Kier molecular flexibility index (Phi) is 5.91. The van der Waals surface area contributed by atoms with Gasteiger partial charge in [0.2, 0.25) is 0 Å². The summed E-state index contributed by atoms with van der Waals surface area (Å²) in [6.45, 7) is 6.38. The second-order valence-corrected chi connectivity index (χ2v) is 5.27. The molecule has 1 rings (SSSR count). The van der Waals surface area contributed by atoms with Crippen LogP contribution in [0.2, 0.25) is 0 Å². The Balaban J connectivity index is 2.64. The maximum atomic E-state index is 11.5. The summed E-state index contributed by atoms with van der Waals surface area (Å²) in [6, 6.07) is 0. The number of nitrogen functional groups attached to an aromatic ring is 1. The third kappa shape index (κ3) is 4.52. The van der Waals surface area contributed by atoms with Crippen molar-refractivity contribution in [3.63, 3.8) is 0 Å². The van der Waals surface area contributed by atoms with Crippen LogP contribution < -0.4 is 5.73 Å². The second-order valence-electron chi connectivity index (χ2n) is 4.20. The summed E-state index contributed by atoms with van der Waals surface area (Å²) in [5.74, 6) is 1.29. The summed E-state index contributed by atoms with van der Waals surface area (Å²) < 4.78 is 4.86. The average Bonchev–Trinajstić information content (AvgIpc) is 2.28. The Morgan fingerprint density at radius 1 is 1.56 bits per heavy atom. The van der Waals surface area contributed by atoms with E-state index in [-0.39, 0.29) is 11.4 Å². The van der Waals surface area contributed by atoms with Crippen LogP contribution in [0.5, 0.6) is 0 Å². The van der Waals surface area contributed by atoms with E-state index in [4.69, 9.17) is 10.5 Å². The van der Waals surface area contributed by atoms with E-state index >= 15 is 0 Å². The zero-order chi connectivity index (χ0) is 13.5. The normalized spacial score (nSPS) is 10.7. The molecule has 0 aromatic carbocycles. The number of hydrogen-bond acceptors (Lipinski definition) is 6. The number of carbonyl (C=O) groups excluding carboxylic acids is 1. The van der Waals surface area contributed by atoms with Crippen LogP contribution >= 0.6 is 11.8 Å². The number of anilines is 1. The van der Waals surface area contributed by atoms with Gasteiger partial charge < -0.3 is 10.5 Å². The topological polar surface area (TPSA) is 78.1 Å². The van der Waals surface area contributed by atoms with Crippen molar-refractivity contribution in [1.29, 1.82) is 0 Å². The average molecular weight is 269 g/mol. The van der Waals surface area contributed by atoms with Crippen molar-refractivity contribution < 1.29 is 9.53 Å². The van der Waals surface area contributed by atoms with Crippen molar-refractivity contribution in [3.05, 3.63) is 11.8 Å². The number of nitrogens with zero attached hydrogens (tertiary/aromatic N) is 2. The van der Waals surface area contributed by atoms with Crippen LogP contribution in [0.3, 0.4) is 0 Å². The molecule has 0 saturated carbocycles. The molecule has 18 heavy (non-hydrogen) atoms. The molecule has 1 aromatic heterocycles. The molecular weight excluding hydrogens is 250 g/mol. The fourth-order valence-electron chi connectivity index (χ4n) is 1.20. The molecule has 2 N–H and O–H groups in total. The van der Waals surface area contributed by atoms with Crippen molar-refractivity contribution in [2.24, 2.45) is 5.92 Å². The summed E-state index contributed by atoms with van der Waals surface area (Å²) in [5, 5.41) is 0.598. The maximum absolute atomic E-state index is 11.5. The van der Waals surface area contributed by atoms with Gasteiger partial charge in [0.15, 0.2) is 5.16 Å². The van der Waals surface area contributed by atoms with Crippen LogP contribution in [0.15, 0.2) is 11.4 Å². The SMILES string of the molecule is CCOC(=O)c1cnc(SCCC(C)C)nc1N. The summed E-state index contributed by atoms with van der Waals surface area (Å²) in [7, 11) is 0. The maximum Gasteiger partial charge on any atom is 0.343 e. The predicted molar refractivity (Wildman–Crippen MR) is 72.6 cm³/mol. The molecular formula is C12H19N3O2S. The van der Waals surface area contributed by atoms with Crippen molar-refractivity contribution in [2.75, 3.05) is 18.1 Å². The molecule has 1 heterocycles. The number of ether oxygens (including phenoxy) is 1. The van der Waals surface area contributed by atoms with Gasteiger partial charge in [0.25, 0.3) is 0 Å². The molecule has 0 aliphatic rings. The first kappa shape index (κ1) is 14.8. The number of hydrogen-bond donors (Lipinski definition) is 1. The number of thioether (sulfide) groups is 1. The van der Waals surface area contributed by atoms with Gasteiger partial charge in [-0.15, -0.1) is 0 Å². The minimum atomic E-state index is -0.478. The number of aromatic nitrogens is 2. The number of esters is 1. The molecule has 6 heteroatoms. The highest BCUT2D eigenvalue weighted by atomic mass is 32.2. The van der Waals surface area contributed by atoms with Gasteiger partial charge in [-0.3, -0.25) is 0 Å². The third-order valence-corrected chi connectivity index (χ3v) is 3.11. The molecule has 0 bridgehead atoms. The molecule has 0 unspecified atom stereocenters. The number of carbonyl (C=O) groups is 1. The predicted octanol–water partition coefficient (Wildman–Crippen LogP) is 2.37. The summed E-state index contributed by atoms with van der Waals surface area (Å²) in [5.41, 5.74) is 5.95. The summed E-state index contributed by atoms with van der Waals surface area (Å²) >= 11 is 1.54. The van der Waals surface area contributed by atoms with Gasteiger partial charge in [-0.1, -0.05) is 25.6 Å². The van der Waals surface area contributed by atoms with E-state index in [1.807, 2.05) is 0 Å². The van der Waals surface area contributed by atoms with E-state index in [9.17, 15) is 4.79 Å². The summed E-state index contributed by atoms with van der Waals surface area (Å²) in [4.78, 5) is 19.7. The van der Waals surface area contributed by atoms with Crippen LogP contribution in [0.25, 0.3) is 0 Å². The standard InChI is InChI=1S/C12H19N3O2S/c1-4-17-11(16)9-7-14-12(15-10(9)13)18-6-5-8(2)3/h7-8H,4-6H2,1-3H3,(H2,13,14,15). The lowest BCUT2D eigenvalue weighted by molar-refractivity contribution is 0.0526. The highest BCUT2D eigenvalue weighted by Crippen LogP contribution is 2.19. The molecule has 0 radical (unpaired) electrons.